The number of rotatable bonds is 4. The van der Waals surface area contributed by atoms with Gasteiger partial charge >= 0.3 is 0 Å². The van der Waals surface area contributed by atoms with E-state index in [2.05, 4.69) is 10.3 Å². The molecule has 0 bridgehead atoms. The quantitative estimate of drug-likeness (QED) is 0.672. The molecule has 0 saturated carbocycles. The molecule has 0 saturated heterocycles. The number of aryl methyl sites for hydroxylation is 1. The topological polar surface area (TPSA) is 68.1 Å². The van der Waals surface area contributed by atoms with Crippen molar-refractivity contribution in [2.24, 2.45) is 0 Å². The highest BCUT2D eigenvalue weighted by Gasteiger charge is 2.17. The molecule has 0 aliphatic rings. The lowest BCUT2D eigenvalue weighted by Crippen LogP contribution is -2.09. The van der Waals surface area contributed by atoms with E-state index in [1.165, 1.54) is 6.07 Å². The van der Waals surface area contributed by atoms with Crippen LogP contribution in [0.25, 0.3) is 0 Å². The molecule has 5 heteroatoms. The Morgan fingerprint density at radius 3 is 2.63 bits per heavy atom. The summed E-state index contributed by atoms with van der Waals surface area (Å²) in [6.45, 7) is 3.80. The minimum Gasteiger partial charge on any atom is -0.377 e. The predicted octanol–water partition coefficient (Wildman–Crippen LogP) is 3.47. The summed E-state index contributed by atoms with van der Waals surface area (Å²) in [5.74, 6) is 0. The molecule has 1 heterocycles. The molecule has 19 heavy (non-hydrogen) atoms. The number of nitro groups is 1. The highest BCUT2D eigenvalue weighted by molar-refractivity contribution is 5.48. The van der Waals surface area contributed by atoms with E-state index in [9.17, 15) is 10.1 Å². The van der Waals surface area contributed by atoms with Crippen LogP contribution >= 0.6 is 0 Å². The zero-order valence-corrected chi connectivity index (χ0v) is 10.8. The molecule has 0 amide bonds. The van der Waals surface area contributed by atoms with Gasteiger partial charge in [-0.1, -0.05) is 18.2 Å². The van der Waals surface area contributed by atoms with Gasteiger partial charge in [0.2, 0.25) is 0 Å². The summed E-state index contributed by atoms with van der Waals surface area (Å²) in [5, 5.41) is 14.2. The smallest absolute Gasteiger partial charge is 0.274 e. The Kier molecular flexibility index (Phi) is 3.75. The van der Waals surface area contributed by atoms with Gasteiger partial charge in [-0.25, -0.2) is 0 Å². The average molecular weight is 257 g/mol. The van der Waals surface area contributed by atoms with Crippen molar-refractivity contribution in [1.82, 2.24) is 4.98 Å². The molecule has 1 atom stereocenters. The Balaban J connectivity index is 2.22. The van der Waals surface area contributed by atoms with Crippen molar-refractivity contribution < 1.29 is 4.92 Å². The summed E-state index contributed by atoms with van der Waals surface area (Å²) in [6, 6.07) is 10.4. The van der Waals surface area contributed by atoms with Crippen LogP contribution in [0, 0.1) is 17.0 Å². The first kappa shape index (κ1) is 13.0. The van der Waals surface area contributed by atoms with Crippen molar-refractivity contribution >= 4 is 11.4 Å². The molecule has 5 nitrogen and oxygen atoms in total. The Morgan fingerprint density at radius 1 is 1.26 bits per heavy atom. The first-order chi connectivity index (χ1) is 9.08. The van der Waals surface area contributed by atoms with Crippen molar-refractivity contribution in [3.63, 3.8) is 0 Å². The van der Waals surface area contributed by atoms with Gasteiger partial charge in [-0.2, -0.15) is 0 Å². The van der Waals surface area contributed by atoms with Crippen LogP contribution < -0.4 is 5.32 Å². The number of benzene rings is 1. The van der Waals surface area contributed by atoms with Gasteiger partial charge in [0.25, 0.3) is 5.69 Å². The molecule has 1 unspecified atom stereocenters. The molecular formula is C14H15N3O2. The number of anilines is 1. The molecule has 1 aromatic heterocycles. The number of pyridine rings is 1. The maximum Gasteiger partial charge on any atom is 0.274 e. The fourth-order valence-corrected chi connectivity index (χ4v) is 1.90. The molecule has 2 rings (SSSR count). The number of nitrogens with one attached hydrogen (secondary N) is 1. The first-order valence-electron chi connectivity index (χ1n) is 6.00. The van der Waals surface area contributed by atoms with Gasteiger partial charge in [-0.15, -0.1) is 0 Å². The van der Waals surface area contributed by atoms with Crippen LogP contribution in [0.5, 0.6) is 0 Å². The third-order valence-corrected chi connectivity index (χ3v) is 2.89. The first-order valence-corrected chi connectivity index (χ1v) is 6.00. The van der Waals surface area contributed by atoms with E-state index in [0.29, 0.717) is 5.56 Å². The van der Waals surface area contributed by atoms with E-state index in [-0.39, 0.29) is 16.7 Å². The Labute approximate surface area is 111 Å². The zero-order valence-electron chi connectivity index (χ0n) is 10.8. The maximum absolute atomic E-state index is 11.0. The Bertz CT molecular complexity index is 581. The van der Waals surface area contributed by atoms with Crippen LogP contribution in [0.4, 0.5) is 11.4 Å². The molecule has 0 radical (unpaired) electrons. The van der Waals surface area contributed by atoms with Gasteiger partial charge in [0.1, 0.15) is 0 Å². The van der Waals surface area contributed by atoms with Crippen molar-refractivity contribution in [2.75, 3.05) is 5.32 Å². The molecule has 2 aromatic rings. The lowest BCUT2D eigenvalue weighted by atomic mass is 10.1. The number of para-hydroxylation sites is 1. The van der Waals surface area contributed by atoms with Crippen molar-refractivity contribution in [3.8, 4) is 0 Å². The van der Waals surface area contributed by atoms with E-state index in [4.69, 9.17) is 0 Å². The van der Waals surface area contributed by atoms with E-state index in [1.54, 1.807) is 24.4 Å². The lowest BCUT2D eigenvalue weighted by molar-refractivity contribution is -0.385. The SMILES string of the molecule is Cc1ccc(NC(C)c2ccccc2[N+](=O)[O-])cn1. The number of hydrogen-bond donors (Lipinski definition) is 1. The maximum atomic E-state index is 11.0. The number of hydrogen-bond acceptors (Lipinski definition) is 4. The van der Waals surface area contributed by atoms with Gasteiger partial charge in [0.05, 0.1) is 28.4 Å². The Morgan fingerprint density at radius 2 is 2.00 bits per heavy atom. The molecule has 0 fully saturated rings. The summed E-state index contributed by atoms with van der Waals surface area (Å²) in [5.41, 5.74) is 2.57. The zero-order chi connectivity index (χ0) is 13.8. The second-order valence-corrected chi connectivity index (χ2v) is 4.37. The standard InChI is InChI=1S/C14H15N3O2/c1-10-7-8-12(9-15-10)16-11(2)13-5-3-4-6-14(13)17(18)19/h3-9,11,16H,1-2H3. The van der Waals surface area contributed by atoms with Crippen molar-refractivity contribution in [3.05, 3.63) is 64.0 Å². The van der Waals surface area contributed by atoms with E-state index in [1.807, 2.05) is 26.0 Å². The summed E-state index contributed by atoms with van der Waals surface area (Å²) >= 11 is 0. The lowest BCUT2D eigenvalue weighted by Gasteiger charge is -2.15. The normalized spacial score (nSPS) is 11.9. The summed E-state index contributed by atoms with van der Waals surface area (Å²) in [4.78, 5) is 14.8. The fraction of sp³-hybridized carbons (Fsp3) is 0.214. The van der Waals surface area contributed by atoms with Gasteiger partial charge in [0, 0.05) is 11.8 Å². The number of nitrogens with zero attached hydrogens (tertiary/aromatic N) is 2. The summed E-state index contributed by atoms with van der Waals surface area (Å²) < 4.78 is 0. The molecular weight excluding hydrogens is 242 g/mol. The average Bonchev–Trinajstić information content (AvgIpc) is 2.41. The fourth-order valence-electron chi connectivity index (χ4n) is 1.90. The third-order valence-electron chi connectivity index (χ3n) is 2.89. The van der Waals surface area contributed by atoms with Crippen LogP contribution in [0.2, 0.25) is 0 Å². The monoisotopic (exact) mass is 257 g/mol. The van der Waals surface area contributed by atoms with Crippen LogP contribution in [0.15, 0.2) is 42.6 Å². The van der Waals surface area contributed by atoms with Crippen LogP contribution in [0.1, 0.15) is 24.2 Å². The third kappa shape index (κ3) is 3.07. The van der Waals surface area contributed by atoms with Crippen molar-refractivity contribution in [2.45, 2.75) is 19.9 Å². The molecule has 0 aliphatic heterocycles. The van der Waals surface area contributed by atoms with Crippen LogP contribution in [0.3, 0.4) is 0 Å². The van der Waals surface area contributed by atoms with E-state index in [0.717, 1.165) is 11.4 Å². The van der Waals surface area contributed by atoms with Crippen LogP contribution in [-0.2, 0) is 0 Å². The highest BCUT2D eigenvalue weighted by atomic mass is 16.6. The van der Waals surface area contributed by atoms with E-state index < -0.39 is 0 Å². The predicted molar refractivity (Wildman–Crippen MR) is 74.1 cm³/mol. The van der Waals surface area contributed by atoms with Gasteiger partial charge in [0.15, 0.2) is 0 Å². The van der Waals surface area contributed by atoms with Crippen LogP contribution in [-0.4, -0.2) is 9.91 Å². The molecule has 98 valence electrons. The van der Waals surface area contributed by atoms with Gasteiger partial charge in [-0.05, 0) is 26.0 Å². The minimum absolute atomic E-state index is 0.127. The van der Waals surface area contributed by atoms with Gasteiger partial charge in [-0.3, -0.25) is 15.1 Å². The molecule has 1 N–H and O–H groups in total. The summed E-state index contributed by atoms with van der Waals surface area (Å²) in [7, 11) is 0. The highest BCUT2D eigenvalue weighted by Crippen LogP contribution is 2.27. The molecule has 1 aromatic carbocycles. The molecule has 0 aliphatic carbocycles. The molecule has 0 spiro atoms. The minimum atomic E-state index is -0.360. The van der Waals surface area contributed by atoms with Crippen molar-refractivity contribution in [1.29, 1.82) is 0 Å². The second-order valence-electron chi connectivity index (χ2n) is 4.37. The van der Waals surface area contributed by atoms with Gasteiger partial charge < -0.3 is 5.32 Å². The second kappa shape index (κ2) is 5.48. The largest absolute Gasteiger partial charge is 0.377 e. The van der Waals surface area contributed by atoms with E-state index >= 15 is 0 Å². The summed E-state index contributed by atoms with van der Waals surface area (Å²) in [6.07, 6.45) is 1.72. The Hall–Kier alpha value is -2.43. The number of aromatic nitrogens is 1. The number of nitro benzene ring substituents is 1.